The summed E-state index contributed by atoms with van der Waals surface area (Å²) in [5.41, 5.74) is 3.10. The predicted octanol–water partition coefficient (Wildman–Crippen LogP) is 2.68. The van der Waals surface area contributed by atoms with E-state index in [-0.39, 0.29) is 12.3 Å². The first-order valence-corrected chi connectivity index (χ1v) is 5.91. The van der Waals surface area contributed by atoms with E-state index in [0.29, 0.717) is 6.61 Å². The van der Waals surface area contributed by atoms with Gasteiger partial charge in [-0.05, 0) is 18.6 Å². The van der Waals surface area contributed by atoms with E-state index in [1.807, 2.05) is 31.2 Å². The summed E-state index contributed by atoms with van der Waals surface area (Å²) in [6.45, 7) is 2.38. The van der Waals surface area contributed by atoms with Gasteiger partial charge in [0.15, 0.2) is 0 Å². The van der Waals surface area contributed by atoms with Crippen LogP contribution in [0, 0.1) is 6.92 Å². The number of carboxylic acids is 1. The third kappa shape index (κ3) is 2.38. The molecule has 0 bridgehead atoms. The SMILES string of the molecule is COCC(CC(=O)O)c1c(C)[nH]c2ccccc12. The number of methoxy groups -OCH3 is 1. The highest BCUT2D eigenvalue weighted by molar-refractivity contribution is 5.85. The molecule has 96 valence electrons. The number of aromatic amines is 1. The summed E-state index contributed by atoms with van der Waals surface area (Å²) in [5, 5.41) is 10.1. The maximum atomic E-state index is 11.0. The van der Waals surface area contributed by atoms with Crippen LogP contribution < -0.4 is 0 Å². The number of H-pyrrole nitrogens is 1. The molecule has 4 heteroatoms. The van der Waals surface area contributed by atoms with Crippen molar-refractivity contribution >= 4 is 16.9 Å². The molecule has 0 saturated heterocycles. The lowest BCUT2D eigenvalue weighted by Crippen LogP contribution is -2.12. The number of benzene rings is 1. The number of aromatic nitrogens is 1. The van der Waals surface area contributed by atoms with E-state index in [4.69, 9.17) is 9.84 Å². The Morgan fingerprint density at radius 1 is 1.44 bits per heavy atom. The van der Waals surface area contributed by atoms with E-state index in [1.165, 1.54) is 0 Å². The van der Waals surface area contributed by atoms with Gasteiger partial charge < -0.3 is 14.8 Å². The number of hydrogen-bond donors (Lipinski definition) is 2. The smallest absolute Gasteiger partial charge is 0.304 e. The number of rotatable bonds is 5. The summed E-state index contributed by atoms with van der Waals surface area (Å²) in [6.07, 6.45) is 0.0799. The molecule has 1 aromatic carbocycles. The van der Waals surface area contributed by atoms with Crippen LogP contribution in [0.5, 0.6) is 0 Å². The number of aliphatic carboxylic acids is 1. The van der Waals surface area contributed by atoms with Crippen molar-refractivity contribution in [3.05, 3.63) is 35.5 Å². The summed E-state index contributed by atoms with van der Waals surface area (Å²) in [6, 6.07) is 7.93. The van der Waals surface area contributed by atoms with Crippen molar-refractivity contribution < 1.29 is 14.6 Å². The molecule has 0 spiro atoms. The van der Waals surface area contributed by atoms with Gasteiger partial charge in [0.2, 0.25) is 0 Å². The average Bonchev–Trinajstić information content (AvgIpc) is 2.63. The Labute approximate surface area is 106 Å². The molecule has 0 aliphatic rings. The van der Waals surface area contributed by atoms with Gasteiger partial charge in [-0.2, -0.15) is 0 Å². The van der Waals surface area contributed by atoms with Crippen molar-refractivity contribution in [2.75, 3.05) is 13.7 Å². The molecule has 2 rings (SSSR count). The predicted molar refractivity (Wildman–Crippen MR) is 69.9 cm³/mol. The standard InChI is InChI=1S/C14H17NO3/c1-9-14(10(8-18-2)7-13(16)17)11-5-3-4-6-12(11)15-9/h3-6,10,15H,7-8H2,1-2H3,(H,16,17). The summed E-state index contributed by atoms with van der Waals surface area (Å²) < 4.78 is 5.16. The zero-order valence-corrected chi connectivity index (χ0v) is 10.6. The quantitative estimate of drug-likeness (QED) is 0.853. The van der Waals surface area contributed by atoms with Gasteiger partial charge in [0, 0.05) is 29.6 Å². The van der Waals surface area contributed by atoms with Crippen LogP contribution in [-0.2, 0) is 9.53 Å². The normalized spacial score (nSPS) is 12.8. The molecule has 0 aliphatic heterocycles. The Bertz CT molecular complexity index is 559. The van der Waals surface area contributed by atoms with E-state index in [0.717, 1.165) is 22.2 Å². The first-order valence-electron chi connectivity index (χ1n) is 5.91. The Balaban J connectivity index is 2.48. The minimum absolute atomic E-state index is 0.0799. The van der Waals surface area contributed by atoms with E-state index in [9.17, 15) is 4.79 Å². The number of ether oxygens (including phenoxy) is 1. The fourth-order valence-electron chi connectivity index (χ4n) is 2.48. The second-order valence-electron chi connectivity index (χ2n) is 4.46. The Kier molecular flexibility index (Phi) is 3.67. The second kappa shape index (κ2) is 5.23. The molecular formula is C14H17NO3. The van der Waals surface area contributed by atoms with Crippen molar-refractivity contribution in [1.29, 1.82) is 0 Å². The summed E-state index contributed by atoms with van der Waals surface area (Å²) in [5.74, 6) is -0.926. The van der Waals surface area contributed by atoms with Crippen molar-refractivity contribution in [1.82, 2.24) is 4.98 Å². The molecule has 0 saturated carbocycles. The second-order valence-corrected chi connectivity index (χ2v) is 4.46. The first kappa shape index (κ1) is 12.6. The van der Waals surface area contributed by atoms with Crippen LogP contribution in [0.15, 0.2) is 24.3 Å². The molecule has 1 aromatic heterocycles. The molecule has 0 radical (unpaired) electrons. The Morgan fingerprint density at radius 2 is 2.17 bits per heavy atom. The molecular weight excluding hydrogens is 230 g/mol. The van der Waals surface area contributed by atoms with Crippen LogP contribution in [-0.4, -0.2) is 29.8 Å². The molecule has 18 heavy (non-hydrogen) atoms. The third-order valence-corrected chi connectivity index (χ3v) is 3.14. The van der Waals surface area contributed by atoms with Crippen LogP contribution in [0.2, 0.25) is 0 Å². The van der Waals surface area contributed by atoms with Gasteiger partial charge in [-0.25, -0.2) is 0 Å². The van der Waals surface area contributed by atoms with Gasteiger partial charge in [0.25, 0.3) is 0 Å². The number of carbonyl (C=O) groups is 1. The van der Waals surface area contributed by atoms with Crippen LogP contribution in [0.1, 0.15) is 23.6 Å². The average molecular weight is 247 g/mol. The van der Waals surface area contributed by atoms with Crippen molar-refractivity contribution in [2.24, 2.45) is 0 Å². The lowest BCUT2D eigenvalue weighted by Gasteiger charge is -2.14. The molecule has 1 unspecified atom stereocenters. The number of aryl methyl sites for hydroxylation is 1. The number of nitrogens with one attached hydrogen (secondary N) is 1. The number of hydrogen-bond acceptors (Lipinski definition) is 2. The molecule has 0 fully saturated rings. The van der Waals surface area contributed by atoms with Gasteiger partial charge in [0.1, 0.15) is 0 Å². The highest BCUT2D eigenvalue weighted by Gasteiger charge is 2.21. The minimum atomic E-state index is -0.804. The zero-order chi connectivity index (χ0) is 13.1. The maximum Gasteiger partial charge on any atom is 0.304 e. The monoisotopic (exact) mass is 247 g/mol. The Morgan fingerprint density at radius 3 is 2.83 bits per heavy atom. The highest BCUT2D eigenvalue weighted by atomic mass is 16.5. The van der Waals surface area contributed by atoms with Gasteiger partial charge in [0.05, 0.1) is 13.0 Å². The van der Waals surface area contributed by atoms with Crippen LogP contribution in [0.25, 0.3) is 10.9 Å². The number of para-hydroxylation sites is 1. The van der Waals surface area contributed by atoms with Crippen LogP contribution in [0.4, 0.5) is 0 Å². The highest BCUT2D eigenvalue weighted by Crippen LogP contribution is 2.31. The van der Waals surface area contributed by atoms with E-state index in [2.05, 4.69) is 4.98 Å². The van der Waals surface area contributed by atoms with Gasteiger partial charge >= 0.3 is 5.97 Å². The van der Waals surface area contributed by atoms with Crippen LogP contribution in [0.3, 0.4) is 0 Å². The molecule has 1 heterocycles. The topological polar surface area (TPSA) is 62.3 Å². The third-order valence-electron chi connectivity index (χ3n) is 3.14. The number of carboxylic acid groups (broad SMARTS) is 1. The summed E-state index contributed by atoms with van der Waals surface area (Å²) in [7, 11) is 1.60. The van der Waals surface area contributed by atoms with E-state index >= 15 is 0 Å². The van der Waals surface area contributed by atoms with Crippen LogP contribution >= 0.6 is 0 Å². The zero-order valence-electron chi connectivity index (χ0n) is 10.6. The summed E-state index contributed by atoms with van der Waals surface area (Å²) >= 11 is 0. The van der Waals surface area contributed by atoms with Crippen molar-refractivity contribution in [3.8, 4) is 0 Å². The molecule has 2 aromatic rings. The molecule has 2 N–H and O–H groups in total. The Hall–Kier alpha value is -1.81. The fourth-order valence-corrected chi connectivity index (χ4v) is 2.48. The largest absolute Gasteiger partial charge is 0.481 e. The lowest BCUT2D eigenvalue weighted by atomic mass is 9.94. The summed E-state index contributed by atoms with van der Waals surface area (Å²) in [4.78, 5) is 14.3. The van der Waals surface area contributed by atoms with E-state index < -0.39 is 5.97 Å². The molecule has 0 amide bonds. The molecule has 0 aliphatic carbocycles. The van der Waals surface area contributed by atoms with Gasteiger partial charge in [-0.15, -0.1) is 0 Å². The van der Waals surface area contributed by atoms with Crippen molar-refractivity contribution in [2.45, 2.75) is 19.3 Å². The minimum Gasteiger partial charge on any atom is -0.481 e. The fraction of sp³-hybridized carbons (Fsp3) is 0.357. The first-order chi connectivity index (χ1) is 8.63. The van der Waals surface area contributed by atoms with E-state index in [1.54, 1.807) is 7.11 Å². The van der Waals surface area contributed by atoms with Gasteiger partial charge in [-0.3, -0.25) is 4.79 Å². The maximum absolute atomic E-state index is 11.0. The van der Waals surface area contributed by atoms with Crippen molar-refractivity contribution in [3.63, 3.8) is 0 Å². The molecule has 4 nitrogen and oxygen atoms in total. The lowest BCUT2D eigenvalue weighted by molar-refractivity contribution is -0.137. The molecule has 1 atom stereocenters. The number of fused-ring (bicyclic) bond motifs is 1. The van der Waals surface area contributed by atoms with Gasteiger partial charge in [-0.1, -0.05) is 18.2 Å².